The summed E-state index contributed by atoms with van der Waals surface area (Å²) in [6.07, 6.45) is 0. The first-order chi connectivity index (χ1) is 10.2. The lowest BCUT2D eigenvalue weighted by molar-refractivity contribution is 0.0718. The molecule has 0 saturated carbocycles. The fourth-order valence-electron chi connectivity index (χ4n) is 1.76. The van der Waals surface area contributed by atoms with Crippen LogP contribution in [-0.4, -0.2) is 28.7 Å². The Labute approximate surface area is 125 Å². The number of carbonyl (C=O) groups is 1. The van der Waals surface area contributed by atoms with E-state index in [1.54, 1.807) is 0 Å². The number of anilines is 1. The number of hydrogen-bond donors (Lipinski definition) is 2. The van der Waals surface area contributed by atoms with E-state index < -0.39 is 32.5 Å². The molecule has 3 N–H and O–H groups in total. The minimum Gasteiger partial charge on any atom is -0.422 e. The average molecular weight is 322 g/mol. The van der Waals surface area contributed by atoms with Crippen LogP contribution >= 0.6 is 0 Å². The van der Waals surface area contributed by atoms with Crippen LogP contribution in [0.25, 0.3) is 0 Å². The van der Waals surface area contributed by atoms with Crippen molar-refractivity contribution in [3.63, 3.8) is 0 Å². The van der Waals surface area contributed by atoms with Gasteiger partial charge >= 0.3 is 16.1 Å². The monoisotopic (exact) mass is 322 g/mol. The zero-order chi connectivity index (χ0) is 16.5. The molecule has 0 aliphatic rings. The minimum absolute atomic E-state index is 0.0880. The van der Waals surface area contributed by atoms with Crippen LogP contribution in [0.1, 0.15) is 16.1 Å². The maximum Gasteiger partial charge on any atom is 0.363 e. The fraction of sp³-hybridized carbons (Fsp3) is 0.0833. The lowest BCUT2D eigenvalue weighted by Gasteiger charge is -2.05. The van der Waals surface area contributed by atoms with E-state index in [-0.39, 0.29) is 5.75 Å². The summed E-state index contributed by atoms with van der Waals surface area (Å²) < 4.78 is 37.6. The smallest absolute Gasteiger partial charge is 0.363 e. The van der Waals surface area contributed by atoms with Crippen molar-refractivity contribution < 1.29 is 22.5 Å². The Morgan fingerprint density at radius 2 is 2.00 bits per heavy atom. The molecule has 0 atom stereocenters. The number of esters is 1. The Morgan fingerprint density at radius 1 is 1.41 bits per heavy atom. The minimum atomic E-state index is -4.74. The van der Waals surface area contributed by atoms with Gasteiger partial charge in [-0.15, -0.1) is 0 Å². The van der Waals surface area contributed by atoms with Crippen LogP contribution in [0.5, 0.6) is 5.75 Å². The van der Waals surface area contributed by atoms with E-state index in [9.17, 15) is 13.2 Å². The molecule has 2 aromatic rings. The molecule has 1 aromatic heterocycles. The number of aromatic nitrogens is 2. The first kappa shape index (κ1) is 15.5. The van der Waals surface area contributed by atoms with Gasteiger partial charge in [-0.2, -0.15) is 18.8 Å². The van der Waals surface area contributed by atoms with Crippen molar-refractivity contribution in [3.8, 4) is 11.8 Å². The summed E-state index contributed by atoms with van der Waals surface area (Å²) >= 11 is 0. The third-order valence-electron chi connectivity index (χ3n) is 2.67. The van der Waals surface area contributed by atoms with E-state index in [1.165, 1.54) is 31.3 Å². The van der Waals surface area contributed by atoms with Crippen molar-refractivity contribution in [2.24, 2.45) is 7.05 Å². The molecule has 9 nitrogen and oxygen atoms in total. The molecule has 0 aliphatic carbocycles. The SMILES string of the molecule is Cn1nc(N)c(S(=O)(=O)O)c1C(=O)Oc1ccc(C#N)cc1. The predicted octanol–water partition coefficient (Wildman–Crippen LogP) is 0.340. The number of nitrogens with zero attached hydrogens (tertiary/aromatic N) is 3. The van der Waals surface area contributed by atoms with Gasteiger partial charge in [0.25, 0.3) is 0 Å². The number of aryl methyl sites for hydroxylation is 1. The Balaban J connectivity index is 2.40. The third kappa shape index (κ3) is 2.90. The highest BCUT2D eigenvalue weighted by atomic mass is 32.2. The largest absolute Gasteiger partial charge is 0.422 e. The van der Waals surface area contributed by atoms with Crippen molar-refractivity contribution in [3.05, 3.63) is 35.5 Å². The number of nitriles is 1. The third-order valence-corrected chi connectivity index (χ3v) is 3.59. The molecule has 0 saturated heterocycles. The summed E-state index contributed by atoms with van der Waals surface area (Å²) in [6.45, 7) is 0. The highest BCUT2D eigenvalue weighted by molar-refractivity contribution is 7.86. The van der Waals surface area contributed by atoms with Crippen molar-refractivity contribution in [2.45, 2.75) is 4.90 Å². The van der Waals surface area contributed by atoms with Gasteiger partial charge in [-0.3, -0.25) is 9.23 Å². The zero-order valence-electron chi connectivity index (χ0n) is 11.2. The second kappa shape index (κ2) is 5.47. The molecular formula is C12H10N4O5S. The summed E-state index contributed by atoms with van der Waals surface area (Å²) in [4.78, 5) is 11.3. The van der Waals surface area contributed by atoms with Gasteiger partial charge in [0.15, 0.2) is 16.4 Å². The van der Waals surface area contributed by atoms with Gasteiger partial charge < -0.3 is 10.5 Å². The Morgan fingerprint density at radius 3 is 2.50 bits per heavy atom. The standard InChI is InChI=1S/C12H10N4O5S/c1-16-9(10(11(14)15-16)22(18,19)20)12(17)21-8-4-2-7(6-13)3-5-8/h2-5H,1H3,(H2,14,15)(H,18,19,20). The second-order valence-corrected chi connectivity index (χ2v) is 5.55. The van der Waals surface area contributed by atoms with Crippen molar-refractivity contribution in [1.29, 1.82) is 5.26 Å². The lowest BCUT2D eigenvalue weighted by atomic mass is 10.2. The molecule has 2 rings (SSSR count). The van der Waals surface area contributed by atoms with Crippen molar-refractivity contribution >= 4 is 21.9 Å². The van der Waals surface area contributed by atoms with E-state index in [4.69, 9.17) is 20.3 Å². The maximum atomic E-state index is 12.1. The maximum absolute atomic E-state index is 12.1. The molecule has 0 fully saturated rings. The molecule has 1 aromatic carbocycles. The van der Waals surface area contributed by atoms with Crippen LogP contribution in [0.4, 0.5) is 5.82 Å². The highest BCUT2D eigenvalue weighted by Crippen LogP contribution is 2.23. The van der Waals surface area contributed by atoms with Crippen LogP contribution in [-0.2, 0) is 17.2 Å². The topological polar surface area (TPSA) is 148 Å². The molecule has 1 heterocycles. The van der Waals surface area contributed by atoms with Gasteiger partial charge in [0, 0.05) is 7.05 Å². The van der Waals surface area contributed by atoms with E-state index in [0.717, 1.165) is 4.68 Å². The van der Waals surface area contributed by atoms with Gasteiger partial charge in [-0.25, -0.2) is 4.79 Å². The summed E-state index contributed by atoms with van der Waals surface area (Å²) in [5, 5.41) is 12.3. The van der Waals surface area contributed by atoms with Gasteiger partial charge in [0.05, 0.1) is 11.6 Å². The summed E-state index contributed by atoms with van der Waals surface area (Å²) in [6, 6.07) is 7.47. The Bertz CT molecular complexity index is 877. The molecule has 10 heteroatoms. The van der Waals surface area contributed by atoms with Gasteiger partial charge in [-0.05, 0) is 24.3 Å². The van der Waals surface area contributed by atoms with E-state index in [2.05, 4.69) is 5.10 Å². The molecule has 114 valence electrons. The number of nitrogen functional groups attached to an aromatic ring is 1. The highest BCUT2D eigenvalue weighted by Gasteiger charge is 2.30. The second-order valence-electron chi connectivity index (χ2n) is 4.19. The first-order valence-electron chi connectivity index (χ1n) is 5.76. The summed E-state index contributed by atoms with van der Waals surface area (Å²) in [5.41, 5.74) is 5.24. The lowest BCUT2D eigenvalue weighted by Crippen LogP contribution is -2.17. The van der Waals surface area contributed by atoms with Crippen LogP contribution < -0.4 is 10.5 Å². The van der Waals surface area contributed by atoms with E-state index in [1.807, 2.05) is 6.07 Å². The molecule has 0 unspecified atom stereocenters. The van der Waals surface area contributed by atoms with Gasteiger partial charge in [0.1, 0.15) is 5.75 Å². The number of rotatable bonds is 3. The van der Waals surface area contributed by atoms with Crippen molar-refractivity contribution in [2.75, 3.05) is 5.73 Å². The molecule has 0 amide bonds. The number of hydrogen-bond acceptors (Lipinski definition) is 7. The van der Waals surface area contributed by atoms with Crippen molar-refractivity contribution in [1.82, 2.24) is 9.78 Å². The van der Waals surface area contributed by atoms with E-state index in [0.29, 0.717) is 5.56 Å². The first-order valence-corrected chi connectivity index (χ1v) is 7.20. The number of nitrogens with two attached hydrogens (primary N) is 1. The molecule has 0 radical (unpaired) electrons. The number of benzene rings is 1. The Kier molecular flexibility index (Phi) is 3.85. The average Bonchev–Trinajstić information content (AvgIpc) is 2.74. The van der Waals surface area contributed by atoms with Crippen LogP contribution in [0.15, 0.2) is 29.2 Å². The Hall–Kier alpha value is -2.90. The fourth-order valence-corrected chi connectivity index (χ4v) is 2.52. The van der Waals surface area contributed by atoms with E-state index >= 15 is 0 Å². The van der Waals surface area contributed by atoms with Crippen LogP contribution in [0.3, 0.4) is 0 Å². The molecular weight excluding hydrogens is 312 g/mol. The van der Waals surface area contributed by atoms with Gasteiger partial charge in [0.2, 0.25) is 0 Å². The molecule has 22 heavy (non-hydrogen) atoms. The molecule has 0 aliphatic heterocycles. The number of ether oxygens (including phenoxy) is 1. The normalized spacial score (nSPS) is 11.0. The van der Waals surface area contributed by atoms with Crippen LogP contribution in [0, 0.1) is 11.3 Å². The van der Waals surface area contributed by atoms with Gasteiger partial charge in [-0.1, -0.05) is 0 Å². The zero-order valence-corrected chi connectivity index (χ0v) is 12.0. The predicted molar refractivity (Wildman–Crippen MR) is 73.6 cm³/mol. The molecule has 0 bridgehead atoms. The number of carbonyl (C=O) groups excluding carboxylic acids is 1. The summed E-state index contributed by atoms with van der Waals surface area (Å²) in [5.74, 6) is -1.49. The quantitative estimate of drug-likeness (QED) is 0.467. The van der Waals surface area contributed by atoms with Crippen LogP contribution in [0.2, 0.25) is 0 Å². The molecule has 0 spiro atoms. The summed E-state index contributed by atoms with van der Waals surface area (Å²) in [7, 11) is -3.47.